The van der Waals surface area contributed by atoms with E-state index in [0.29, 0.717) is 0 Å². The molecule has 0 heterocycles. The summed E-state index contributed by atoms with van der Waals surface area (Å²) in [6.45, 7) is 3.09. The van der Waals surface area contributed by atoms with E-state index in [4.69, 9.17) is 4.74 Å². The van der Waals surface area contributed by atoms with E-state index in [1.165, 1.54) is 57.9 Å². The first-order valence-electron chi connectivity index (χ1n) is 7.07. The van der Waals surface area contributed by atoms with Gasteiger partial charge < -0.3 is 10.1 Å². The van der Waals surface area contributed by atoms with Gasteiger partial charge in [0.15, 0.2) is 0 Å². The Hall–Kier alpha value is -0.0800. The number of rotatable bonds is 5. The zero-order chi connectivity index (χ0) is 11.3. The van der Waals surface area contributed by atoms with E-state index in [-0.39, 0.29) is 0 Å². The standard InChI is InChI=1S/C14H27NO/c1-16-10-9-15-12-13-11-14(13)7-5-3-2-4-6-8-14/h13,15H,2-12H2,1H3. The number of methoxy groups -OCH3 is 1. The number of hydrogen-bond donors (Lipinski definition) is 1. The van der Waals surface area contributed by atoms with Crippen LogP contribution in [-0.2, 0) is 4.74 Å². The Labute approximate surface area is 100 Å². The van der Waals surface area contributed by atoms with Gasteiger partial charge in [0.2, 0.25) is 0 Å². The van der Waals surface area contributed by atoms with Crippen molar-refractivity contribution in [1.29, 1.82) is 0 Å². The summed E-state index contributed by atoms with van der Waals surface area (Å²) in [5.74, 6) is 0.974. The predicted octanol–water partition coefficient (Wildman–Crippen LogP) is 2.97. The minimum Gasteiger partial charge on any atom is -0.383 e. The second kappa shape index (κ2) is 6.02. The van der Waals surface area contributed by atoms with Crippen molar-refractivity contribution in [1.82, 2.24) is 5.32 Å². The number of hydrogen-bond acceptors (Lipinski definition) is 2. The Balaban J connectivity index is 1.65. The van der Waals surface area contributed by atoms with Crippen molar-refractivity contribution in [2.45, 2.75) is 51.4 Å². The lowest BCUT2D eigenvalue weighted by molar-refractivity contribution is 0.198. The molecule has 2 nitrogen and oxygen atoms in total. The highest BCUT2D eigenvalue weighted by Gasteiger charge is 2.51. The monoisotopic (exact) mass is 225 g/mol. The fraction of sp³-hybridized carbons (Fsp3) is 1.00. The molecule has 2 aliphatic rings. The van der Waals surface area contributed by atoms with Gasteiger partial charge in [-0.25, -0.2) is 0 Å². The molecule has 0 radical (unpaired) electrons. The smallest absolute Gasteiger partial charge is 0.0587 e. The average molecular weight is 225 g/mol. The molecule has 1 atom stereocenters. The van der Waals surface area contributed by atoms with Gasteiger partial charge in [-0.05, 0) is 37.1 Å². The SMILES string of the molecule is COCCNCC1CC12CCCCCCC2. The van der Waals surface area contributed by atoms with Crippen LogP contribution in [-0.4, -0.2) is 26.8 Å². The van der Waals surface area contributed by atoms with Crippen LogP contribution in [0.4, 0.5) is 0 Å². The third kappa shape index (κ3) is 3.21. The third-order valence-electron chi connectivity index (χ3n) is 4.58. The van der Waals surface area contributed by atoms with Gasteiger partial charge in [-0.1, -0.05) is 32.1 Å². The van der Waals surface area contributed by atoms with Gasteiger partial charge in [-0.2, -0.15) is 0 Å². The lowest BCUT2D eigenvalue weighted by atomic mass is 9.86. The first kappa shape index (κ1) is 12.4. The minimum absolute atomic E-state index is 0.764. The molecule has 1 unspecified atom stereocenters. The molecule has 2 heteroatoms. The van der Waals surface area contributed by atoms with E-state index in [1.807, 2.05) is 0 Å². The van der Waals surface area contributed by atoms with Gasteiger partial charge in [0, 0.05) is 13.7 Å². The molecule has 1 spiro atoms. The highest BCUT2D eigenvalue weighted by molar-refractivity contribution is 5.03. The number of ether oxygens (including phenoxy) is 1. The van der Waals surface area contributed by atoms with E-state index in [2.05, 4.69) is 5.32 Å². The normalized spacial score (nSPS) is 28.7. The molecule has 0 aromatic heterocycles. The quantitative estimate of drug-likeness (QED) is 0.726. The van der Waals surface area contributed by atoms with Gasteiger partial charge in [0.25, 0.3) is 0 Å². The van der Waals surface area contributed by atoms with Gasteiger partial charge in [-0.3, -0.25) is 0 Å². The fourth-order valence-corrected chi connectivity index (χ4v) is 3.39. The molecule has 2 fully saturated rings. The summed E-state index contributed by atoms with van der Waals surface area (Å²) < 4.78 is 5.06. The van der Waals surface area contributed by atoms with Crippen molar-refractivity contribution in [3.05, 3.63) is 0 Å². The van der Waals surface area contributed by atoms with Crippen LogP contribution in [0.25, 0.3) is 0 Å². The Kier molecular flexibility index (Phi) is 4.66. The van der Waals surface area contributed by atoms with Crippen LogP contribution in [0.15, 0.2) is 0 Å². The van der Waals surface area contributed by atoms with Gasteiger partial charge in [0.05, 0.1) is 6.61 Å². The lowest BCUT2D eigenvalue weighted by Gasteiger charge is -2.20. The topological polar surface area (TPSA) is 21.3 Å². The molecule has 2 rings (SSSR count). The fourth-order valence-electron chi connectivity index (χ4n) is 3.39. The van der Waals surface area contributed by atoms with Crippen molar-refractivity contribution < 1.29 is 4.74 Å². The van der Waals surface area contributed by atoms with Gasteiger partial charge in [0.1, 0.15) is 0 Å². The maximum absolute atomic E-state index is 5.06. The van der Waals surface area contributed by atoms with E-state index in [9.17, 15) is 0 Å². The molecule has 2 aliphatic carbocycles. The summed E-state index contributed by atoms with van der Waals surface area (Å²) in [6.07, 6.45) is 11.9. The van der Waals surface area contributed by atoms with Crippen LogP contribution in [0.2, 0.25) is 0 Å². The van der Waals surface area contributed by atoms with Crippen LogP contribution in [0.3, 0.4) is 0 Å². The molecule has 2 saturated carbocycles. The summed E-state index contributed by atoms with van der Waals surface area (Å²) in [6, 6.07) is 0. The second-order valence-corrected chi connectivity index (χ2v) is 5.73. The molecule has 94 valence electrons. The third-order valence-corrected chi connectivity index (χ3v) is 4.58. The highest BCUT2D eigenvalue weighted by atomic mass is 16.5. The van der Waals surface area contributed by atoms with E-state index < -0.39 is 0 Å². The van der Waals surface area contributed by atoms with E-state index in [1.54, 1.807) is 7.11 Å². The minimum atomic E-state index is 0.764. The van der Waals surface area contributed by atoms with Crippen LogP contribution >= 0.6 is 0 Å². The first-order valence-corrected chi connectivity index (χ1v) is 7.07. The summed E-state index contributed by atoms with van der Waals surface area (Å²) in [4.78, 5) is 0. The number of nitrogens with one attached hydrogen (secondary N) is 1. The first-order chi connectivity index (χ1) is 7.87. The average Bonchev–Trinajstić information content (AvgIpc) is 2.94. The Morgan fingerprint density at radius 3 is 2.50 bits per heavy atom. The van der Waals surface area contributed by atoms with Crippen molar-refractivity contribution in [3.63, 3.8) is 0 Å². The maximum Gasteiger partial charge on any atom is 0.0587 e. The largest absolute Gasteiger partial charge is 0.383 e. The van der Waals surface area contributed by atoms with Crippen molar-refractivity contribution in [3.8, 4) is 0 Å². The Bertz CT molecular complexity index is 197. The molecule has 0 aromatic rings. The molecule has 0 saturated heterocycles. The molecule has 0 aromatic carbocycles. The Morgan fingerprint density at radius 1 is 1.12 bits per heavy atom. The van der Waals surface area contributed by atoms with Crippen LogP contribution in [0.1, 0.15) is 51.4 Å². The lowest BCUT2D eigenvalue weighted by Crippen LogP contribution is -2.23. The van der Waals surface area contributed by atoms with E-state index >= 15 is 0 Å². The van der Waals surface area contributed by atoms with Crippen molar-refractivity contribution >= 4 is 0 Å². The summed E-state index contributed by atoms with van der Waals surface area (Å²) in [5.41, 5.74) is 0.764. The summed E-state index contributed by atoms with van der Waals surface area (Å²) >= 11 is 0. The predicted molar refractivity (Wildman–Crippen MR) is 67.6 cm³/mol. The molecular weight excluding hydrogens is 198 g/mol. The van der Waals surface area contributed by atoms with Crippen LogP contribution in [0, 0.1) is 11.3 Å². The molecule has 0 amide bonds. The van der Waals surface area contributed by atoms with Crippen LogP contribution in [0.5, 0.6) is 0 Å². The second-order valence-electron chi connectivity index (χ2n) is 5.73. The molecule has 0 aliphatic heterocycles. The zero-order valence-corrected chi connectivity index (χ0v) is 10.8. The molecule has 1 N–H and O–H groups in total. The van der Waals surface area contributed by atoms with Crippen LogP contribution < -0.4 is 5.32 Å². The Morgan fingerprint density at radius 2 is 1.81 bits per heavy atom. The molecule has 16 heavy (non-hydrogen) atoms. The van der Waals surface area contributed by atoms with E-state index in [0.717, 1.165) is 24.5 Å². The van der Waals surface area contributed by atoms with Crippen molar-refractivity contribution in [2.24, 2.45) is 11.3 Å². The molecular formula is C14H27NO. The zero-order valence-electron chi connectivity index (χ0n) is 10.8. The summed E-state index contributed by atoms with van der Waals surface area (Å²) in [5, 5.41) is 3.53. The van der Waals surface area contributed by atoms with Gasteiger partial charge in [-0.15, -0.1) is 0 Å². The maximum atomic E-state index is 5.06. The highest BCUT2D eigenvalue weighted by Crippen LogP contribution is 2.59. The van der Waals surface area contributed by atoms with Crippen molar-refractivity contribution in [2.75, 3.05) is 26.8 Å². The summed E-state index contributed by atoms with van der Waals surface area (Å²) in [7, 11) is 1.77. The van der Waals surface area contributed by atoms with Gasteiger partial charge >= 0.3 is 0 Å². The molecule has 0 bridgehead atoms.